The average molecular weight is 225 g/mol. The third-order valence-electron chi connectivity index (χ3n) is 1.96. The van der Waals surface area contributed by atoms with E-state index in [-0.39, 0.29) is 11.0 Å². The number of aryl methyl sites for hydroxylation is 1. The Hall–Kier alpha value is -1.35. The number of carbonyl (C=O) groups is 1. The number of ketones is 1. The van der Waals surface area contributed by atoms with Crippen molar-refractivity contribution in [1.29, 1.82) is 0 Å². The van der Waals surface area contributed by atoms with Gasteiger partial charge in [0, 0.05) is 6.92 Å². The number of hydrazone groups is 1. The van der Waals surface area contributed by atoms with Crippen molar-refractivity contribution in [3.05, 3.63) is 29.8 Å². The van der Waals surface area contributed by atoms with Crippen LogP contribution < -0.4 is 5.43 Å². The minimum absolute atomic E-state index is 0.0408. The summed E-state index contributed by atoms with van der Waals surface area (Å²) in [6.07, 6.45) is 0.899. The smallest absolute Gasteiger partial charge is 0.191 e. The van der Waals surface area contributed by atoms with E-state index >= 15 is 0 Å². The van der Waals surface area contributed by atoms with Crippen molar-refractivity contribution >= 4 is 28.2 Å². The molecule has 3 nitrogen and oxygen atoms in total. The van der Waals surface area contributed by atoms with Crippen LogP contribution in [-0.4, -0.2) is 11.0 Å². The Kier molecular flexibility index (Phi) is 4.31. The lowest BCUT2D eigenvalue weighted by Crippen LogP contribution is -2.05. The number of nitrogens with zero attached hydrogens (tertiary/aromatic N) is 1. The molecule has 0 fully saturated rings. The first kappa shape index (κ1) is 11.7. The van der Waals surface area contributed by atoms with Gasteiger partial charge in [0.05, 0.1) is 5.69 Å². The Morgan fingerprint density at radius 2 is 2.13 bits per heavy atom. The van der Waals surface area contributed by atoms with Gasteiger partial charge in [0.25, 0.3) is 0 Å². The lowest BCUT2D eigenvalue weighted by atomic mass is 10.1. The number of hydrogen-bond donors (Lipinski definition) is 1. The molecule has 1 aromatic rings. The predicted octanol–water partition coefficient (Wildman–Crippen LogP) is 2.80. The molecule has 0 atom stereocenters. The lowest BCUT2D eigenvalue weighted by Gasteiger charge is -2.05. The summed E-state index contributed by atoms with van der Waals surface area (Å²) in [5, 5.41) is 3.74. The van der Waals surface area contributed by atoms with Gasteiger partial charge in [-0.15, -0.1) is 0 Å². The summed E-state index contributed by atoms with van der Waals surface area (Å²) in [5.41, 5.74) is 4.79. The van der Waals surface area contributed by atoms with Gasteiger partial charge in [0.1, 0.15) is 0 Å². The zero-order chi connectivity index (χ0) is 11.3. The molecule has 0 radical (unpaired) electrons. The molecule has 0 saturated carbocycles. The monoisotopic (exact) mass is 224 g/mol. The average Bonchev–Trinajstić information content (AvgIpc) is 2.26. The summed E-state index contributed by atoms with van der Waals surface area (Å²) in [5.74, 6) is -0.252. The third-order valence-corrected chi connectivity index (χ3v) is 2.31. The van der Waals surface area contributed by atoms with Gasteiger partial charge in [-0.1, -0.05) is 36.7 Å². The zero-order valence-electron chi connectivity index (χ0n) is 8.75. The Bertz CT molecular complexity index is 388. The largest absolute Gasteiger partial charge is 0.292 e. The molecule has 1 aromatic carbocycles. The fourth-order valence-corrected chi connectivity index (χ4v) is 1.17. The van der Waals surface area contributed by atoms with Crippen LogP contribution in [0.25, 0.3) is 0 Å². The molecule has 1 N–H and O–H groups in total. The fourth-order valence-electron chi connectivity index (χ4n) is 1.13. The van der Waals surface area contributed by atoms with Crippen LogP contribution in [0, 0.1) is 0 Å². The van der Waals surface area contributed by atoms with Crippen LogP contribution in [0.5, 0.6) is 0 Å². The highest BCUT2D eigenvalue weighted by atomic mass is 35.5. The van der Waals surface area contributed by atoms with E-state index in [4.69, 9.17) is 11.6 Å². The molecule has 0 aliphatic heterocycles. The molecule has 0 aliphatic carbocycles. The Balaban J connectivity index is 2.81. The highest BCUT2D eigenvalue weighted by molar-refractivity contribution is 6.82. The highest BCUT2D eigenvalue weighted by Gasteiger charge is 2.01. The molecule has 0 spiro atoms. The number of carbonyl (C=O) groups excluding carboxylic acids is 1. The Morgan fingerprint density at radius 3 is 2.73 bits per heavy atom. The lowest BCUT2D eigenvalue weighted by molar-refractivity contribution is -0.110. The van der Waals surface area contributed by atoms with Gasteiger partial charge in [-0.05, 0) is 18.1 Å². The second kappa shape index (κ2) is 5.51. The van der Waals surface area contributed by atoms with Crippen molar-refractivity contribution in [2.45, 2.75) is 20.3 Å². The summed E-state index contributed by atoms with van der Waals surface area (Å²) in [6, 6.07) is 7.76. The van der Waals surface area contributed by atoms with Gasteiger partial charge in [0.2, 0.25) is 0 Å². The minimum atomic E-state index is -0.252. The van der Waals surface area contributed by atoms with Crippen LogP contribution in [0.2, 0.25) is 0 Å². The standard InChI is InChI=1S/C11H13ClN2O/c1-3-9-6-4-5-7-10(9)13-14-11(12)8(2)15/h4-7,13H,3H2,1-2H3/b14-11-. The molecule has 0 amide bonds. The predicted molar refractivity (Wildman–Crippen MR) is 63.4 cm³/mol. The van der Waals surface area contributed by atoms with E-state index in [2.05, 4.69) is 17.5 Å². The molecule has 0 aliphatic rings. The maximum Gasteiger partial charge on any atom is 0.191 e. The first-order valence-corrected chi connectivity index (χ1v) is 5.11. The van der Waals surface area contributed by atoms with Crippen molar-refractivity contribution in [3.63, 3.8) is 0 Å². The van der Waals surface area contributed by atoms with Crippen LogP contribution in [0.15, 0.2) is 29.4 Å². The van der Waals surface area contributed by atoms with Crippen molar-refractivity contribution in [1.82, 2.24) is 0 Å². The molecule has 0 heterocycles. The number of halogens is 1. The maximum absolute atomic E-state index is 10.8. The maximum atomic E-state index is 10.8. The minimum Gasteiger partial charge on any atom is -0.292 e. The summed E-state index contributed by atoms with van der Waals surface area (Å²) in [6.45, 7) is 3.43. The number of nitrogens with one attached hydrogen (secondary N) is 1. The van der Waals surface area contributed by atoms with E-state index in [0.717, 1.165) is 17.7 Å². The van der Waals surface area contributed by atoms with Gasteiger partial charge in [-0.2, -0.15) is 5.10 Å². The van der Waals surface area contributed by atoms with Crippen LogP contribution in [0.3, 0.4) is 0 Å². The Labute approximate surface area is 94.1 Å². The number of para-hydroxylation sites is 1. The van der Waals surface area contributed by atoms with E-state index in [0.29, 0.717) is 0 Å². The SMILES string of the molecule is CCc1ccccc1N/N=C(\Cl)C(C)=O. The number of anilines is 1. The van der Waals surface area contributed by atoms with Crippen molar-refractivity contribution in [3.8, 4) is 0 Å². The Morgan fingerprint density at radius 1 is 1.47 bits per heavy atom. The first-order valence-electron chi connectivity index (χ1n) is 4.73. The fraction of sp³-hybridized carbons (Fsp3) is 0.273. The topological polar surface area (TPSA) is 41.5 Å². The summed E-state index contributed by atoms with van der Waals surface area (Å²) in [7, 11) is 0. The summed E-state index contributed by atoms with van der Waals surface area (Å²) < 4.78 is 0. The molecule has 4 heteroatoms. The number of hydrogen-bond acceptors (Lipinski definition) is 3. The van der Waals surface area contributed by atoms with Gasteiger partial charge in [-0.25, -0.2) is 0 Å². The number of Topliss-reactive ketones (excluding diaryl/α,β-unsaturated/α-hetero) is 1. The molecular formula is C11H13ClN2O. The van der Waals surface area contributed by atoms with Gasteiger partial charge < -0.3 is 0 Å². The van der Waals surface area contributed by atoms with E-state index in [9.17, 15) is 4.79 Å². The van der Waals surface area contributed by atoms with E-state index in [1.165, 1.54) is 6.92 Å². The first-order chi connectivity index (χ1) is 7.15. The van der Waals surface area contributed by atoms with Crippen molar-refractivity contribution < 1.29 is 4.79 Å². The van der Waals surface area contributed by atoms with Crippen molar-refractivity contribution in [2.24, 2.45) is 5.10 Å². The van der Waals surface area contributed by atoms with Gasteiger partial charge in [-0.3, -0.25) is 10.2 Å². The quantitative estimate of drug-likeness (QED) is 0.631. The van der Waals surface area contributed by atoms with Gasteiger partial charge in [0.15, 0.2) is 11.0 Å². The second-order valence-electron chi connectivity index (χ2n) is 3.08. The molecule has 15 heavy (non-hydrogen) atoms. The molecule has 0 aromatic heterocycles. The highest BCUT2D eigenvalue weighted by Crippen LogP contribution is 2.15. The molecule has 80 valence electrons. The molecular weight excluding hydrogens is 212 g/mol. The van der Waals surface area contributed by atoms with E-state index in [1.54, 1.807) is 0 Å². The van der Waals surface area contributed by atoms with Gasteiger partial charge >= 0.3 is 0 Å². The van der Waals surface area contributed by atoms with Crippen LogP contribution in [0.4, 0.5) is 5.69 Å². The van der Waals surface area contributed by atoms with E-state index in [1.807, 2.05) is 24.3 Å². The third kappa shape index (κ3) is 3.36. The molecule has 0 bridgehead atoms. The number of benzene rings is 1. The summed E-state index contributed by atoms with van der Waals surface area (Å²) in [4.78, 5) is 10.8. The normalized spacial score (nSPS) is 11.3. The molecule has 0 saturated heterocycles. The van der Waals surface area contributed by atoms with Crippen LogP contribution >= 0.6 is 11.6 Å². The number of rotatable bonds is 4. The molecule has 0 unspecified atom stereocenters. The zero-order valence-corrected chi connectivity index (χ0v) is 9.51. The van der Waals surface area contributed by atoms with Crippen LogP contribution in [0.1, 0.15) is 19.4 Å². The second-order valence-corrected chi connectivity index (χ2v) is 3.44. The molecule has 1 rings (SSSR count). The van der Waals surface area contributed by atoms with E-state index < -0.39 is 0 Å². The summed E-state index contributed by atoms with van der Waals surface area (Å²) >= 11 is 5.60. The van der Waals surface area contributed by atoms with Crippen LogP contribution in [-0.2, 0) is 11.2 Å². The van der Waals surface area contributed by atoms with Crippen molar-refractivity contribution in [2.75, 3.05) is 5.43 Å².